The van der Waals surface area contributed by atoms with Crippen LogP contribution >= 0.6 is 15.9 Å². The van der Waals surface area contributed by atoms with Crippen LogP contribution < -0.4 is 5.73 Å². The topological polar surface area (TPSA) is 26.0 Å². The van der Waals surface area contributed by atoms with Crippen molar-refractivity contribution in [3.8, 4) is 0 Å². The third kappa shape index (κ3) is 2.26. The number of nitrogens with two attached hydrogens (primary N) is 1. The predicted octanol–water partition coefficient (Wildman–Crippen LogP) is 3.37. The number of hydrogen-bond donors (Lipinski definition) is 1. The molecule has 0 unspecified atom stereocenters. The lowest BCUT2D eigenvalue weighted by Crippen LogP contribution is -2.06. The van der Waals surface area contributed by atoms with E-state index in [4.69, 9.17) is 5.73 Å². The lowest BCUT2D eigenvalue weighted by atomic mass is 10.0. The molecule has 82 valence electrons. The van der Waals surface area contributed by atoms with E-state index in [1.165, 1.54) is 16.5 Å². The fourth-order valence-corrected chi connectivity index (χ4v) is 2.80. The molecule has 15 heavy (non-hydrogen) atoms. The van der Waals surface area contributed by atoms with Crippen LogP contribution in [0.1, 0.15) is 25.8 Å². The summed E-state index contributed by atoms with van der Waals surface area (Å²) in [4.78, 5) is 0. The van der Waals surface area contributed by atoms with Gasteiger partial charge in [0, 0.05) is 10.5 Å². The Morgan fingerprint density at radius 3 is 2.60 bits per heavy atom. The molecule has 2 heteroatoms. The van der Waals surface area contributed by atoms with Crippen LogP contribution in [-0.2, 0) is 6.42 Å². The Labute approximate surface area is 100 Å². The Morgan fingerprint density at radius 1 is 1.40 bits per heavy atom. The molecule has 2 atom stereocenters. The SMILES string of the molecule is CC1(C)[C@@H](N)[C@@H]1CCc1cccc(Br)c1. The Bertz CT molecular complexity index is 359. The normalized spacial score (nSPS) is 27.7. The predicted molar refractivity (Wildman–Crippen MR) is 67.7 cm³/mol. The number of halogens is 1. The van der Waals surface area contributed by atoms with Crippen molar-refractivity contribution < 1.29 is 0 Å². The van der Waals surface area contributed by atoms with E-state index in [0.29, 0.717) is 17.4 Å². The molecule has 0 aliphatic heterocycles. The van der Waals surface area contributed by atoms with Gasteiger partial charge in [0.15, 0.2) is 0 Å². The quantitative estimate of drug-likeness (QED) is 0.893. The molecule has 0 heterocycles. The molecule has 0 aromatic heterocycles. The summed E-state index contributed by atoms with van der Waals surface area (Å²) in [6.45, 7) is 4.53. The first kappa shape index (κ1) is 11.2. The summed E-state index contributed by atoms with van der Waals surface area (Å²) in [5.74, 6) is 0.705. The number of hydrogen-bond acceptors (Lipinski definition) is 1. The molecule has 1 aliphatic rings. The van der Waals surface area contributed by atoms with Crippen LogP contribution in [0, 0.1) is 11.3 Å². The first-order chi connectivity index (χ1) is 7.01. The lowest BCUT2D eigenvalue weighted by Gasteiger charge is -2.03. The van der Waals surface area contributed by atoms with E-state index in [0.717, 1.165) is 6.42 Å². The fourth-order valence-electron chi connectivity index (χ4n) is 2.35. The minimum atomic E-state index is 0.367. The summed E-state index contributed by atoms with van der Waals surface area (Å²) in [5, 5.41) is 0. The summed E-state index contributed by atoms with van der Waals surface area (Å²) in [5.41, 5.74) is 7.80. The van der Waals surface area contributed by atoms with Gasteiger partial charge in [-0.15, -0.1) is 0 Å². The standard InChI is InChI=1S/C13H18BrN/c1-13(2)11(12(13)15)7-6-9-4-3-5-10(14)8-9/h3-5,8,11-12H,6-7,15H2,1-2H3/t11-,12-/m0/s1. The van der Waals surface area contributed by atoms with Crippen LogP contribution in [0.15, 0.2) is 28.7 Å². The molecular formula is C13H18BrN. The molecule has 1 saturated carbocycles. The zero-order valence-electron chi connectivity index (χ0n) is 9.33. The highest BCUT2D eigenvalue weighted by Crippen LogP contribution is 2.52. The molecule has 0 spiro atoms. The summed E-state index contributed by atoms with van der Waals surface area (Å²) >= 11 is 3.49. The smallest absolute Gasteiger partial charge is 0.0177 e. The second-order valence-electron chi connectivity index (χ2n) is 5.12. The van der Waals surface area contributed by atoms with E-state index in [2.05, 4.69) is 54.0 Å². The molecule has 1 aromatic rings. The van der Waals surface area contributed by atoms with Gasteiger partial charge in [0.05, 0.1) is 0 Å². The van der Waals surface area contributed by atoms with Crippen molar-refractivity contribution >= 4 is 15.9 Å². The highest BCUT2D eigenvalue weighted by atomic mass is 79.9. The van der Waals surface area contributed by atoms with E-state index < -0.39 is 0 Å². The molecule has 1 nitrogen and oxygen atoms in total. The zero-order chi connectivity index (χ0) is 11.1. The maximum atomic E-state index is 6.03. The molecule has 0 saturated heterocycles. The Balaban J connectivity index is 1.90. The van der Waals surface area contributed by atoms with Gasteiger partial charge in [-0.2, -0.15) is 0 Å². The number of rotatable bonds is 3. The van der Waals surface area contributed by atoms with E-state index >= 15 is 0 Å². The van der Waals surface area contributed by atoms with Gasteiger partial charge in [-0.25, -0.2) is 0 Å². The molecule has 0 bridgehead atoms. The van der Waals surface area contributed by atoms with Crippen LogP contribution in [-0.4, -0.2) is 6.04 Å². The van der Waals surface area contributed by atoms with Gasteiger partial charge in [-0.05, 0) is 41.9 Å². The maximum Gasteiger partial charge on any atom is 0.0177 e. The van der Waals surface area contributed by atoms with Gasteiger partial charge >= 0.3 is 0 Å². The van der Waals surface area contributed by atoms with Gasteiger partial charge in [-0.1, -0.05) is 41.9 Å². The van der Waals surface area contributed by atoms with Gasteiger partial charge in [0.25, 0.3) is 0 Å². The zero-order valence-corrected chi connectivity index (χ0v) is 10.9. The average molecular weight is 268 g/mol. The van der Waals surface area contributed by atoms with E-state index in [1.807, 2.05) is 0 Å². The monoisotopic (exact) mass is 267 g/mol. The summed E-state index contributed by atoms with van der Waals surface area (Å²) in [6, 6.07) is 8.95. The van der Waals surface area contributed by atoms with Crippen LogP contribution in [0.25, 0.3) is 0 Å². The number of benzene rings is 1. The van der Waals surface area contributed by atoms with E-state index in [9.17, 15) is 0 Å². The van der Waals surface area contributed by atoms with Gasteiger partial charge in [0.1, 0.15) is 0 Å². The minimum absolute atomic E-state index is 0.367. The highest BCUT2D eigenvalue weighted by Gasteiger charge is 2.54. The highest BCUT2D eigenvalue weighted by molar-refractivity contribution is 9.10. The lowest BCUT2D eigenvalue weighted by molar-refractivity contribution is 0.530. The van der Waals surface area contributed by atoms with Crippen molar-refractivity contribution in [2.45, 2.75) is 32.7 Å². The summed E-state index contributed by atoms with van der Waals surface area (Å²) < 4.78 is 1.17. The van der Waals surface area contributed by atoms with Crippen LogP contribution in [0.3, 0.4) is 0 Å². The molecule has 0 amide bonds. The van der Waals surface area contributed by atoms with Crippen molar-refractivity contribution in [1.82, 2.24) is 0 Å². The Kier molecular flexibility index (Phi) is 2.91. The third-order valence-electron chi connectivity index (χ3n) is 3.77. The molecule has 1 aliphatic carbocycles. The first-order valence-electron chi connectivity index (χ1n) is 5.52. The van der Waals surface area contributed by atoms with Gasteiger partial charge in [-0.3, -0.25) is 0 Å². The molecule has 2 N–H and O–H groups in total. The fraction of sp³-hybridized carbons (Fsp3) is 0.538. The van der Waals surface area contributed by atoms with Gasteiger partial charge < -0.3 is 5.73 Å². The van der Waals surface area contributed by atoms with Crippen LogP contribution in [0.5, 0.6) is 0 Å². The average Bonchev–Trinajstić information content (AvgIpc) is 2.63. The molecular weight excluding hydrogens is 250 g/mol. The number of aryl methyl sites for hydroxylation is 1. The molecule has 1 aromatic carbocycles. The molecule has 1 fully saturated rings. The Hall–Kier alpha value is -0.340. The van der Waals surface area contributed by atoms with E-state index in [1.54, 1.807) is 0 Å². The third-order valence-corrected chi connectivity index (χ3v) is 4.27. The largest absolute Gasteiger partial charge is 0.327 e. The van der Waals surface area contributed by atoms with Crippen molar-refractivity contribution in [2.75, 3.05) is 0 Å². The first-order valence-corrected chi connectivity index (χ1v) is 6.31. The Morgan fingerprint density at radius 2 is 2.07 bits per heavy atom. The summed E-state index contributed by atoms with van der Waals surface area (Å²) in [6.07, 6.45) is 2.35. The minimum Gasteiger partial charge on any atom is -0.327 e. The second kappa shape index (κ2) is 3.91. The second-order valence-corrected chi connectivity index (χ2v) is 6.04. The van der Waals surface area contributed by atoms with Crippen LogP contribution in [0.4, 0.5) is 0 Å². The van der Waals surface area contributed by atoms with Crippen molar-refractivity contribution in [3.63, 3.8) is 0 Å². The van der Waals surface area contributed by atoms with E-state index in [-0.39, 0.29) is 0 Å². The van der Waals surface area contributed by atoms with Crippen LogP contribution in [0.2, 0.25) is 0 Å². The van der Waals surface area contributed by atoms with Crippen molar-refractivity contribution in [3.05, 3.63) is 34.3 Å². The van der Waals surface area contributed by atoms with Gasteiger partial charge in [0.2, 0.25) is 0 Å². The molecule has 0 radical (unpaired) electrons. The van der Waals surface area contributed by atoms with Crippen molar-refractivity contribution in [1.29, 1.82) is 0 Å². The summed E-state index contributed by atoms with van der Waals surface area (Å²) in [7, 11) is 0. The maximum absolute atomic E-state index is 6.03. The molecule has 2 rings (SSSR count). The van der Waals surface area contributed by atoms with Crippen molar-refractivity contribution in [2.24, 2.45) is 17.1 Å².